The molecule has 0 bridgehead atoms. The minimum Gasteiger partial charge on any atom is -0.466 e. The number of allylic oxidation sites excluding steroid dienone is 2. The van der Waals surface area contributed by atoms with Gasteiger partial charge in [-0.2, -0.15) is 0 Å². The van der Waals surface area contributed by atoms with Crippen LogP contribution in [0, 0.1) is 5.92 Å². The summed E-state index contributed by atoms with van der Waals surface area (Å²) in [5.74, 6) is -1.65. The molecule has 6 nitrogen and oxygen atoms in total. The summed E-state index contributed by atoms with van der Waals surface area (Å²) in [7, 11) is 0. The highest BCUT2D eigenvalue weighted by atomic mass is 16.6. The standard InChI is InChI=1S/C16H23NO5/c1-3-9-22-17-8-6-5-7-13-14(18)10-12(11-15(13)19)16(20)21-4-2/h3,7,12,17H,1,4-6,8-11H2,2H3. The van der Waals surface area contributed by atoms with Gasteiger partial charge in [0.1, 0.15) is 0 Å². The van der Waals surface area contributed by atoms with Crippen molar-refractivity contribution in [1.29, 1.82) is 0 Å². The summed E-state index contributed by atoms with van der Waals surface area (Å²) >= 11 is 0. The van der Waals surface area contributed by atoms with Gasteiger partial charge in [0.25, 0.3) is 0 Å². The molecule has 0 atom stereocenters. The van der Waals surface area contributed by atoms with Crippen molar-refractivity contribution in [1.82, 2.24) is 5.48 Å². The molecule has 0 aliphatic heterocycles. The van der Waals surface area contributed by atoms with Gasteiger partial charge >= 0.3 is 5.97 Å². The highest BCUT2D eigenvalue weighted by Crippen LogP contribution is 2.24. The van der Waals surface area contributed by atoms with E-state index in [2.05, 4.69) is 12.1 Å². The molecule has 0 saturated heterocycles. The van der Waals surface area contributed by atoms with E-state index >= 15 is 0 Å². The average Bonchev–Trinajstić information content (AvgIpc) is 2.48. The number of rotatable bonds is 9. The Bertz CT molecular complexity index is 435. The fourth-order valence-electron chi connectivity index (χ4n) is 2.16. The maximum absolute atomic E-state index is 12.0. The molecule has 1 rings (SSSR count). The van der Waals surface area contributed by atoms with E-state index in [-0.39, 0.29) is 36.6 Å². The van der Waals surface area contributed by atoms with Crippen LogP contribution in [0.25, 0.3) is 0 Å². The van der Waals surface area contributed by atoms with E-state index in [1.165, 1.54) is 0 Å². The van der Waals surface area contributed by atoms with E-state index in [4.69, 9.17) is 9.57 Å². The topological polar surface area (TPSA) is 81.7 Å². The molecule has 0 aromatic rings. The van der Waals surface area contributed by atoms with Crippen LogP contribution in [-0.4, -0.2) is 37.3 Å². The Balaban J connectivity index is 2.40. The zero-order valence-corrected chi connectivity index (χ0v) is 12.9. The van der Waals surface area contributed by atoms with Gasteiger partial charge in [-0.25, -0.2) is 5.48 Å². The third kappa shape index (κ3) is 5.91. The van der Waals surface area contributed by atoms with E-state index in [1.54, 1.807) is 19.1 Å². The Kier molecular flexibility index (Phi) is 8.32. The van der Waals surface area contributed by atoms with Crippen LogP contribution >= 0.6 is 0 Å². The van der Waals surface area contributed by atoms with Crippen molar-refractivity contribution in [3.8, 4) is 0 Å². The van der Waals surface area contributed by atoms with Crippen LogP contribution in [0.5, 0.6) is 0 Å². The van der Waals surface area contributed by atoms with Crippen molar-refractivity contribution in [2.45, 2.75) is 32.6 Å². The monoisotopic (exact) mass is 309 g/mol. The molecule has 6 heteroatoms. The normalized spacial score (nSPS) is 18.2. The van der Waals surface area contributed by atoms with Gasteiger partial charge in [0.05, 0.1) is 24.7 Å². The zero-order valence-electron chi connectivity index (χ0n) is 12.9. The van der Waals surface area contributed by atoms with Crippen molar-refractivity contribution in [2.24, 2.45) is 5.92 Å². The van der Waals surface area contributed by atoms with Gasteiger partial charge in [0, 0.05) is 19.4 Å². The van der Waals surface area contributed by atoms with E-state index < -0.39 is 11.9 Å². The summed E-state index contributed by atoms with van der Waals surface area (Å²) in [4.78, 5) is 40.6. The van der Waals surface area contributed by atoms with Gasteiger partial charge in [-0.15, -0.1) is 6.58 Å². The number of hydroxylamine groups is 1. The lowest BCUT2D eigenvalue weighted by atomic mass is 9.83. The van der Waals surface area contributed by atoms with Gasteiger partial charge in [0.2, 0.25) is 0 Å². The Labute approximate surface area is 130 Å². The highest BCUT2D eigenvalue weighted by molar-refractivity contribution is 6.23. The maximum Gasteiger partial charge on any atom is 0.309 e. The number of carbonyl (C=O) groups is 3. The number of carbonyl (C=O) groups excluding carboxylic acids is 3. The van der Waals surface area contributed by atoms with E-state index in [0.717, 1.165) is 6.42 Å². The molecule has 122 valence electrons. The predicted molar refractivity (Wildman–Crippen MR) is 80.8 cm³/mol. The van der Waals surface area contributed by atoms with E-state index in [0.29, 0.717) is 19.6 Å². The highest BCUT2D eigenvalue weighted by Gasteiger charge is 2.34. The summed E-state index contributed by atoms with van der Waals surface area (Å²) < 4.78 is 4.87. The smallest absolute Gasteiger partial charge is 0.309 e. The van der Waals surface area contributed by atoms with Crippen LogP contribution in [0.2, 0.25) is 0 Å². The fourth-order valence-corrected chi connectivity index (χ4v) is 2.16. The third-order valence-corrected chi connectivity index (χ3v) is 3.22. The van der Waals surface area contributed by atoms with Crippen LogP contribution in [0.15, 0.2) is 24.3 Å². The lowest BCUT2D eigenvalue weighted by Crippen LogP contribution is -2.31. The second-order valence-electron chi connectivity index (χ2n) is 4.96. The lowest BCUT2D eigenvalue weighted by molar-refractivity contribution is -0.151. The maximum atomic E-state index is 12.0. The summed E-state index contributed by atoms with van der Waals surface area (Å²) in [5, 5.41) is 0. The summed E-state index contributed by atoms with van der Waals surface area (Å²) in [6.45, 7) is 6.51. The SMILES string of the molecule is C=CCONCCCC=C1C(=O)CC(C(=O)OCC)CC1=O. The van der Waals surface area contributed by atoms with Crippen molar-refractivity contribution >= 4 is 17.5 Å². The van der Waals surface area contributed by atoms with Crippen molar-refractivity contribution < 1.29 is 24.0 Å². The van der Waals surface area contributed by atoms with Crippen LogP contribution in [0.3, 0.4) is 0 Å². The Morgan fingerprint density at radius 1 is 1.36 bits per heavy atom. The third-order valence-electron chi connectivity index (χ3n) is 3.22. The second kappa shape index (κ2) is 10.0. The number of ketones is 2. The van der Waals surface area contributed by atoms with Crippen molar-refractivity contribution in [2.75, 3.05) is 19.8 Å². The first kappa shape index (κ1) is 18.3. The van der Waals surface area contributed by atoms with Crippen LogP contribution in [0.4, 0.5) is 0 Å². The molecule has 1 fully saturated rings. The van der Waals surface area contributed by atoms with Crippen molar-refractivity contribution in [3.05, 3.63) is 24.3 Å². The number of unbranched alkanes of at least 4 members (excludes halogenated alkanes) is 1. The van der Waals surface area contributed by atoms with E-state index in [9.17, 15) is 14.4 Å². The van der Waals surface area contributed by atoms with Crippen LogP contribution < -0.4 is 5.48 Å². The molecule has 0 unspecified atom stereocenters. The number of esters is 1. The van der Waals surface area contributed by atoms with Gasteiger partial charge in [-0.05, 0) is 19.8 Å². The molecule has 1 aliphatic rings. The first-order valence-electron chi connectivity index (χ1n) is 7.48. The largest absolute Gasteiger partial charge is 0.466 e. The predicted octanol–water partition coefficient (Wildman–Crippen LogP) is 1.51. The average molecular weight is 309 g/mol. The minimum atomic E-state index is -0.633. The molecule has 0 aromatic heterocycles. The Hall–Kier alpha value is -1.79. The van der Waals surface area contributed by atoms with Crippen molar-refractivity contribution in [3.63, 3.8) is 0 Å². The molecular weight excluding hydrogens is 286 g/mol. The summed E-state index contributed by atoms with van der Waals surface area (Å²) in [6.07, 6.45) is 4.73. The second-order valence-corrected chi connectivity index (χ2v) is 4.96. The van der Waals surface area contributed by atoms with Crippen LogP contribution in [-0.2, 0) is 24.0 Å². The number of ether oxygens (including phenoxy) is 1. The molecule has 1 aliphatic carbocycles. The van der Waals surface area contributed by atoms with Gasteiger partial charge in [-0.1, -0.05) is 12.2 Å². The molecule has 1 saturated carbocycles. The lowest BCUT2D eigenvalue weighted by Gasteiger charge is -2.20. The first-order chi connectivity index (χ1) is 10.6. The molecular formula is C16H23NO5. The number of Topliss-reactive ketones (excluding diaryl/α,β-unsaturated/α-hetero) is 2. The Morgan fingerprint density at radius 2 is 2.05 bits per heavy atom. The summed E-state index contributed by atoms with van der Waals surface area (Å²) in [5.41, 5.74) is 2.97. The quantitative estimate of drug-likeness (QED) is 0.174. The number of hydrogen-bond acceptors (Lipinski definition) is 6. The fraction of sp³-hybridized carbons (Fsp3) is 0.562. The molecule has 0 aromatic carbocycles. The molecule has 0 radical (unpaired) electrons. The first-order valence-corrected chi connectivity index (χ1v) is 7.48. The van der Waals surface area contributed by atoms with Crippen LogP contribution in [0.1, 0.15) is 32.6 Å². The zero-order chi connectivity index (χ0) is 16.4. The molecule has 22 heavy (non-hydrogen) atoms. The summed E-state index contributed by atoms with van der Waals surface area (Å²) in [6, 6.07) is 0. The van der Waals surface area contributed by atoms with Gasteiger partial charge in [0.15, 0.2) is 11.6 Å². The molecule has 1 N–H and O–H groups in total. The molecule has 0 spiro atoms. The molecule has 0 amide bonds. The number of nitrogens with one attached hydrogen (secondary N) is 1. The van der Waals surface area contributed by atoms with E-state index in [1.807, 2.05) is 0 Å². The van der Waals surface area contributed by atoms with Gasteiger partial charge < -0.3 is 4.74 Å². The minimum absolute atomic E-state index is 0.0527. The Morgan fingerprint density at radius 3 is 2.64 bits per heavy atom. The van der Waals surface area contributed by atoms with Gasteiger partial charge in [-0.3, -0.25) is 19.2 Å². The number of hydrogen-bond donors (Lipinski definition) is 1. The molecule has 0 heterocycles.